The van der Waals surface area contributed by atoms with E-state index < -0.39 is 0 Å². The summed E-state index contributed by atoms with van der Waals surface area (Å²) in [6.45, 7) is 8.83. The molecule has 29 heavy (non-hydrogen) atoms. The first-order chi connectivity index (χ1) is 14.1. The average Bonchev–Trinajstić information content (AvgIpc) is 3.26. The Kier molecular flexibility index (Phi) is 6.77. The lowest BCUT2D eigenvalue weighted by Gasteiger charge is -2.28. The third-order valence-electron chi connectivity index (χ3n) is 6.57. The molecule has 1 unspecified atom stereocenters. The monoisotopic (exact) mass is 418 g/mol. The number of benzene rings is 1. The van der Waals surface area contributed by atoms with Crippen LogP contribution >= 0.6 is 11.8 Å². The van der Waals surface area contributed by atoms with Gasteiger partial charge in [0.15, 0.2) is 0 Å². The predicted molar refractivity (Wildman–Crippen MR) is 116 cm³/mol. The van der Waals surface area contributed by atoms with Gasteiger partial charge in [-0.05, 0) is 37.0 Å². The van der Waals surface area contributed by atoms with Gasteiger partial charge in [0, 0.05) is 36.3 Å². The largest absolute Gasteiger partial charge is 0.352 e. The number of carbonyl (C=O) groups is 2. The first-order valence-corrected chi connectivity index (χ1v) is 12.1. The fourth-order valence-corrected chi connectivity index (χ4v) is 5.88. The van der Waals surface area contributed by atoms with Crippen LogP contribution in [0.2, 0.25) is 0 Å². The average molecular weight is 419 g/mol. The summed E-state index contributed by atoms with van der Waals surface area (Å²) in [5.74, 6) is 0.880. The van der Waals surface area contributed by atoms with Crippen LogP contribution in [0.3, 0.4) is 0 Å². The number of amides is 2. The molecule has 2 amide bonds. The summed E-state index contributed by atoms with van der Waals surface area (Å²) in [6, 6.07) is 5.69. The van der Waals surface area contributed by atoms with E-state index in [2.05, 4.69) is 17.6 Å². The predicted octanol–water partition coefficient (Wildman–Crippen LogP) is 0.170. The van der Waals surface area contributed by atoms with E-state index in [0.717, 1.165) is 42.6 Å². The molecule has 0 bridgehead atoms. The highest BCUT2D eigenvalue weighted by Gasteiger charge is 2.37. The van der Waals surface area contributed by atoms with Gasteiger partial charge in [0.2, 0.25) is 5.37 Å². The molecule has 158 valence electrons. The van der Waals surface area contributed by atoms with E-state index in [4.69, 9.17) is 0 Å². The quantitative estimate of drug-likeness (QED) is 0.498. The van der Waals surface area contributed by atoms with E-state index in [9.17, 15) is 9.59 Å². The maximum absolute atomic E-state index is 12.6. The van der Waals surface area contributed by atoms with Gasteiger partial charge >= 0.3 is 0 Å². The Balaban J connectivity index is 1.27. The highest BCUT2D eigenvalue weighted by molar-refractivity contribution is 8.00. The summed E-state index contributed by atoms with van der Waals surface area (Å²) < 4.78 is 0. The van der Waals surface area contributed by atoms with Gasteiger partial charge in [-0.1, -0.05) is 18.7 Å². The molecule has 3 aliphatic rings. The summed E-state index contributed by atoms with van der Waals surface area (Å²) in [5, 5.41) is 6.01. The van der Waals surface area contributed by atoms with Crippen molar-refractivity contribution in [2.24, 2.45) is 5.92 Å². The molecule has 0 aliphatic carbocycles. The summed E-state index contributed by atoms with van der Waals surface area (Å²) in [5.41, 5.74) is 1.39. The molecule has 2 fully saturated rings. The molecule has 6 nitrogen and oxygen atoms in total. The molecular formula is C22H34N4O2S+2. The van der Waals surface area contributed by atoms with Crippen molar-refractivity contribution >= 4 is 29.3 Å². The van der Waals surface area contributed by atoms with Gasteiger partial charge in [0.25, 0.3) is 11.8 Å². The lowest BCUT2D eigenvalue weighted by atomic mass is 9.99. The zero-order valence-corrected chi connectivity index (χ0v) is 18.2. The Labute approximate surface area is 177 Å². The molecular weight excluding hydrogens is 384 g/mol. The first-order valence-electron chi connectivity index (χ1n) is 11.2. The molecule has 1 aromatic carbocycles. The summed E-state index contributed by atoms with van der Waals surface area (Å²) in [6.07, 6.45) is 6.04. The summed E-state index contributed by atoms with van der Waals surface area (Å²) >= 11 is 1.64. The minimum Gasteiger partial charge on any atom is -0.352 e. The maximum atomic E-state index is 12.6. The van der Waals surface area contributed by atoms with Crippen molar-refractivity contribution in [1.82, 2.24) is 5.32 Å². The zero-order valence-electron chi connectivity index (χ0n) is 17.4. The molecule has 2 saturated heterocycles. The molecule has 3 aliphatic heterocycles. The summed E-state index contributed by atoms with van der Waals surface area (Å²) in [4.78, 5) is 29.2. The highest BCUT2D eigenvalue weighted by Crippen LogP contribution is 2.34. The van der Waals surface area contributed by atoms with Gasteiger partial charge in [-0.15, -0.1) is 0 Å². The number of piperidine rings is 1. The number of hydrogen-bond acceptors (Lipinski definition) is 3. The molecule has 4 N–H and O–H groups in total. The van der Waals surface area contributed by atoms with Crippen molar-refractivity contribution in [3.63, 3.8) is 0 Å². The van der Waals surface area contributed by atoms with Crippen molar-refractivity contribution in [2.45, 2.75) is 49.3 Å². The SMILES string of the molecule is CC1CC[NH+](CCCNC(=O)c2ccc3c(c2)NC(=O)C([NH+]2CCCC2)S3)CC1. The van der Waals surface area contributed by atoms with E-state index in [1.165, 1.54) is 43.7 Å². The third kappa shape index (κ3) is 5.13. The number of rotatable bonds is 6. The number of quaternary nitrogens is 2. The minimum absolute atomic E-state index is 0.0541. The molecule has 0 spiro atoms. The van der Waals surface area contributed by atoms with Crippen LogP contribution in [0, 0.1) is 5.92 Å². The van der Waals surface area contributed by atoms with Crippen LogP contribution in [0.1, 0.15) is 49.4 Å². The standard InChI is InChI=1S/C22H32N4O2S/c1-16-7-13-25(14-8-16)10-4-9-23-20(27)17-5-6-19-18(15-17)24-21(28)22(29-19)26-11-2-3-12-26/h5-6,15-16,22H,2-4,7-14H2,1H3,(H,23,27)(H,24,28)/p+2. The van der Waals surface area contributed by atoms with Crippen molar-refractivity contribution < 1.29 is 19.4 Å². The van der Waals surface area contributed by atoms with Crippen molar-refractivity contribution in [3.05, 3.63) is 23.8 Å². The summed E-state index contributed by atoms with van der Waals surface area (Å²) in [7, 11) is 0. The van der Waals surface area contributed by atoms with Gasteiger partial charge in [0.1, 0.15) is 0 Å². The fraction of sp³-hybridized carbons (Fsp3) is 0.636. The van der Waals surface area contributed by atoms with Gasteiger partial charge in [-0.3, -0.25) is 9.59 Å². The van der Waals surface area contributed by atoms with Crippen molar-refractivity contribution in [1.29, 1.82) is 0 Å². The van der Waals surface area contributed by atoms with Gasteiger partial charge in [-0.25, -0.2) is 0 Å². The van der Waals surface area contributed by atoms with Gasteiger partial charge < -0.3 is 20.4 Å². The Morgan fingerprint density at radius 1 is 1.21 bits per heavy atom. The van der Waals surface area contributed by atoms with Crippen LogP contribution in [-0.2, 0) is 4.79 Å². The van der Waals surface area contributed by atoms with Crippen LogP contribution < -0.4 is 20.4 Å². The van der Waals surface area contributed by atoms with Crippen LogP contribution in [0.15, 0.2) is 23.1 Å². The zero-order chi connectivity index (χ0) is 20.2. The van der Waals surface area contributed by atoms with Crippen molar-refractivity contribution in [3.8, 4) is 0 Å². The lowest BCUT2D eigenvalue weighted by molar-refractivity contribution is -0.906. The fourth-order valence-electron chi connectivity index (χ4n) is 4.67. The Hall–Kier alpha value is -1.57. The van der Waals surface area contributed by atoms with E-state index in [1.807, 2.05) is 18.2 Å². The second kappa shape index (κ2) is 9.49. The Morgan fingerprint density at radius 3 is 2.72 bits per heavy atom. The number of hydrogen-bond donors (Lipinski definition) is 4. The van der Waals surface area contributed by atoms with Crippen LogP contribution in [0.25, 0.3) is 0 Å². The minimum atomic E-state index is -0.0649. The molecule has 0 radical (unpaired) electrons. The van der Waals surface area contributed by atoms with E-state index in [-0.39, 0.29) is 17.2 Å². The van der Waals surface area contributed by atoms with Crippen LogP contribution in [0.5, 0.6) is 0 Å². The molecule has 1 atom stereocenters. The molecule has 0 saturated carbocycles. The number of carbonyl (C=O) groups excluding carboxylic acids is 2. The first kappa shape index (κ1) is 20.7. The normalized spacial score (nSPS) is 27.3. The topological polar surface area (TPSA) is 67.1 Å². The number of anilines is 1. The molecule has 4 rings (SSSR count). The third-order valence-corrected chi connectivity index (χ3v) is 7.97. The number of likely N-dealkylation sites (tertiary alicyclic amines) is 2. The van der Waals surface area contributed by atoms with Crippen molar-refractivity contribution in [2.75, 3.05) is 44.6 Å². The maximum Gasteiger partial charge on any atom is 0.294 e. The molecule has 1 aromatic rings. The van der Waals surface area contributed by atoms with Crippen LogP contribution in [0.4, 0.5) is 5.69 Å². The van der Waals surface area contributed by atoms with Gasteiger partial charge in [-0.2, -0.15) is 0 Å². The van der Waals surface area contributed by atoms with E-state index in [0.29, 0.717) is 12.1 Å². The van der Waals surface area contributed by atoms with Crippen LogP contribution in [-0.4, -0.2) is 56.5 Å². The molecule has 0 aromatic heterocycles. The Bertz CT molecular complexity index is 742. The number of fused-ring (bicyclic) bond motifs is 1. The molecule has 3 heterocycles. The second-order valence-electron chi connectivity index (χ2n) is 8.86. The number of thioether (sulfide) groups is 1. The van der Waals surface area contributed by atoms with Gasteiger partial charge in [0.05, 0.1) is 38.4 Å². The highest BCUT2D eigenvalue weighted by atomic mass is 32.2. The smallest absolute Gasteiger partial charge is 0.294 e. The van der Waals surface area contributed by atoms with E-state index >= 15 is 0 Å². The molecule has 7 heteroatoms. The second-order valence-corrected chi connectivity index (χ2v) is 10.0. The number of nitrogens with one attached hydrogen (secondary N) is 4. The van der Waals surface area contributed by atoms with E-state index in [1.54, 1.807) is 16.7 Å². The Morgan fingerprint density at radius 2 is 1.97 bits per heavy atom. The lowest BCUT2D eigenvalue weighted by Crippen LogP contribution is -3.14.